The van der Waals surface area contributed by atoms with Gasteiger partial charge in [-0.1, -0.05) is 116 Å². The highest BCUT2D eigenvalue weighted by molar-refractivity contribution is 5.83. The number of carboxylic acids is 1. The zero-order chi connectivity index (χ0) is 19.3. The number of rotatable bonds is 20. The molecule has 0 radical (unpaired) electrons. The lowest BCUT2D eigenvalue weighted by Crippen LogP contribution is -1.98. The monoisotopic (exact) mass is 368 g/mol. The van der Waals surface area contributed by atoms with Crippen LogP contribution in [-0.2, 0) is 4.79 Å². The highest BCUT2D eigenvalue weighted by atomic mass is 16.4. The van der Waals surface area contributed by atoms with E-state index in [1.54, 1.807) is 0 Å². The molecule has 0 saturated carbocycles. The SMILES string of the molecule is CCCCCCCCCCCCCCCCCCCCC=C(O)C(=O)O. The van der Waals surface area contributed by atoms with Crippen LogP contribution in [0.4, 0.5) is 0 Å². The molecule has 3 heteroatoms. The van der Waals surface area contributed by atoms with Crippen LogP contribution in [0.5, 0.6) is 0 Å². The van der Waals surface area contributed by atoms with E-state index in [1.165, 1.54) is 109 Å². The molecule has 26 heavy (non-hydrogen) atoms. The fraction of sp³-hybridized carbons (Fsp3) is 0.870. The average Bonchev–Trinajstić information content (AvgIpc) is 2.63. The summed E-state index contributed by atoms with van der Waals surface area (Å²) in [5.74, 6) is -1.75. The first-order chi connectivity index (χ1) is 12.7. The summed E-state index contributed by atoms with van der Waals surface area (Å²) < 4.78 is 0. The summed E-state index contributed by atoms with van der Waals surface area (Å²) >= 11 is 0. The minimum atomic E-state index is -1.23. The largest absolute Gasteiger partial charge is 0.502 e. The van der Waals surface area contributed by atoms with E-state index in [9.17, 15) is 4.79 Å². The van der Waals surface area contributed by atoms with Crippen molar-refractivity contribution in [1.29, 1.82) is 0 Å². The molecule has 0 unspecified atom stereocenters. The van der Waals surface area contributed by atoms with Crippen molar-refractivity contribution in [2.24, 2.45) is 0 Å². The van der Waals surface area contributed by atoms with Crippen molar-refractivity contribution < 1.29 is 15.0 Å². The average molecular weight is 369 g/mol. The second-order valence-corrected chi connectivity index (χ2v) is 7.69. The summed E-state index contributed by atoms with van der Waals surface area (Å²) in [6.07, 6.45) is 26.4. The Morgan fingerprint density at radius 3 is 1.19 bits per heavy atom. The second kappa shape index (κ2) is 20.3. The first kappa shape index (κ1) is 25.0. The summed E-state index contributed by atoms with van der Waals surface area (Å²) in [7, 11) is 0. The van der Waals surface area contributed by atoms with Crippen LogP contribution in [0.2, 0.25) is 0 Å². The molecule has 0 aliphatic carbocycles. The lowest BCUT2D eigenvalue weighted by Gasteiger charge is -2.03. The van der Waals surface area contributed by atoms with Crippen LogP contribution in [0.15, 0.2) is 11.8 Å². The zero-order valence-electron chi connectivity index (χ0n) is 17.3. The lowest BCUT2D eigenvalue weighted by atomic mass is 10.0. The molecule has 0 aliphatic rings. The Kier molecular flexibility index (Phi) is 19.5. The molecule has 154 valence electrons. The van der Waals surface area contributed by atoms with Crippen LogP contribution in [0, 0.1) is 0 Å². The summed E-state index contributed by atoms with van der Waals surface area (Å²) in [6.45, 7) is 2.28. The maximum atomic E-state index is 10.4. The van der Waals surface area contributed by atoms with E-state index in [-0.39, 0.29) is 0 Å². The molecule has 0 bridgehead atoms. The third-order valence-corrected chi connectivity index (χ3v) is 5.11. The van der Waals surface area contributed by atoms with Crippen LogP contribution in [0.25, 0.3) is 0 Å². The summed E-state index contributed by atoms with van der Waals surface area (Å²) in [4.78, 5) is 10.4. The van der Waals surface area contributed by atoms with Crippen molar-refractivity contribution in [1.82, 2.24) is 0 Å². The minimum Gasteiger partial charge on any atom is -0.502 e. The topological polar surface area (TPSA) is 57.5 Å². The van der Waals surface area contributed by atoms with E-state index >= 15 is 0 Å². The molecule has 0 aromatic rings. The third-order valence-electron chi connectivity index (χ3n) is 5.11. The number of hydrogen-bond acceptors (Lipinski definition) is 2. The Bertz CT molecular complexity index is 336. The normalized spacial score (nSPS) is 11.8. The summed E-state index contributed by atoms with van der Waals surface area (Å²) in [5.41, 5.74) is 0. The molecule has 0 aromatic carbocycles. The van der Waals surface area contributed by atoms with Crippen molar-refractivity contribution in [2.75, 3.05) is 0 Å². The molecule has 0 atom stereocenters. The molecule has 0 saturated heterocycles. The first-order valence-electron chi connectivity index (χ1n) is 11.3. The van der Waals surface area contributed by atoms with Crippen molar-refractivity contribution in [3.8, 4) is 0 Å². The van der Waals surface area contributed by atoms with Crippen molar-refractivity contribution in [3.05, 3.63) is 11.8 Å². The predicted molar refractivity (Wildman–Crippen MR) is 112 cm³/mol. The van der Waals surface area contributed by atoms with Crippen LogP contribution in [0.3, 0.4) is 0 Å². The molecule has 0 fully saturated rings. The smallest absolute Gasteiger partial charge is 0.370 e. The Morgan fingerprint density at radius 2 is 0.885 bits per heavy atom. The van der Waals surface area contributed by atoms with Gasteiger partial charge in [0.05, 0.1) is 0 Å². The van der Waals surface area contributed by atoms with Gasteiger partial charge < -0.3 is 10.2 Å². The highest BCUT2D eigenvalue weighted by Crippen LogP contribution is 2.14. The van der Waals surface area contributed by atoms with Crippen molar-refractivity contribution in [3.63, 3.8) is 0 Å². The van der Waals surface area contributed by atoms with Gasteiger partial charge in [-0.05, 0) is 18.9 Å². The first-order valence-corrected chi connectivity index (χ1v) is 11.3. The Hall–Kier alpha value is -0.990. The quantitative estimate of drug-likeness (QED) is 0.130. The van der Waals surface area contributed by atoms with Gasteiger partial charge in [-0.2, -0.15) is 0 Å². The molecule has 0 aromatic heterocycles. The number of carbonyl (C=O) groups is 1. The van der Waals surface area contributed by atoms with Gasteiger partial charge in [0, 0.05) is 0 Å². The molecule has 0 aliphatic heterocycles. The molecule has 2 N–H and O–H groups in total. The number of aliphatic hydroxyl groups is 1. The van der Waals surface area contributed by atoms with Gasteiger partial charge in [0.2, 0.25) is 0 Å². The summed E-state index contributed by atoms with van der Waals surface area (Å²) in [6, 6.07) is 0. The summed E-state index contributed by atoms with van der Waals surface area (Å²) in [5, 5.41) is 17.5. The molecule has 3 nitrogen and oxygen atoms in total. The minimum absolute atomic E-state index is 0.517. The number of carboxylic acid groups (broad SMARTS) is 1. The Balaban J connectivity index is 3.09. The van der Waals surface area contributed by atoms with Crippen LogP contribution in [0.1, 0.15) is 129 Å². The van der Waals surface area contributed by atoms with E-state index in [0.717, 1.165) is 12.8 Å². The molecule has 0 rings (SSSR count). The fourth-order valence-corrected chi connectivity index (χ4v) is 3.37. The van der Waals surface area contributed by atoms with E-state index in [0.29, 0.717) is 6.42 Å². The fourth-order valence-electron chi connectivity index (χ4n) is 3.37. The van der Waals surface area contributed by atoms with Gasteiger partial charge in [0.1, 0.15) is 0 Å². The maximum Gasteiger partial charge on any atom is 0.370 e. The van der Waals surface area contributed by atoms with Gasteiger partial charge in [0.25, 0.3) is 0 Å². The van der Waals surface area contributed by atoms with E-state index in [1.807, 2.05) is 0 Å². The zero-order valence-corrected chi connectivity index (χ0v) is 17.3. The highest BCUT2D eigenvalue weighted by Gasteiger charge is 2.01. The molecule has 0 amide bonds. The lowest BCUT2D eigenvalue weighted by molar-refractivity contribution is -0.135. The Morgan fingerprint density at radius 1 is 0.577 bits per heavy atom. The maximum absolute atomic E-state index is 10.4. The molecular weight excluding hydrogens is 324 g/mol. The predicted octanol–water partition coefficient (Wildman–Crippen LogP) is 7.94. The molecular formula is C23H44O3. The number of unbranched alkanes of at least 4 members (excludes halogenated alkanes) is 18. The number of allylic oxidation sites excluding steroid dienone is 1. The van der Waals surface area contributed by atoms with Crippen LogP contribution < -0.4 is 0 Å². The van der Waals surface area contributed by atoms with Crippen LogP contribution in [-0.4, -0.2) is 16.2 Å². The Labute approximate surface area is 162 Å². The van der Waals surface area contributed by atoms with E-state index in [2.05, 4.69) is 6.92 Å². The number of aliphatic carboxylic acids is 1. The molecule has 0 heterocycles. The van der Waals surface area contributed by atoms with E-state index < -0.39 is 11.7 Å². The van der Waals surface area contributed by atoms with Crippen molar-refractivity contribution in [2.45, 2.75) is 129 Å². The van der Waals surface area contributed by atoms with Crippen LogP contribution >= 0.6 is 0 Å². The van der Waals surface area contributed by atoms with Gasteiger partial charge in [-0.25, -0.2) is 4.79 Å². The number of aliphatic hydroxyl groups excluding tert-OH is 1. The van der Waals surface area contributed by atoms with Gasteiger partial charge in [0.15, 0.2) is 5.76 Å². The number of hydrogen-bond donors (Lipinski definition) is 2. The van der Waals surface area contributed by atoms with Gasteiger partial charge >= 0.3 is 5.97 Å². The van der Waals surface area contributed by atoms with Gasteiger partial charge in [-0.3, -0.25) is 0 Å². The van der Waals surface area contributed by atoms with Crippen molar-refractivity contribution >= 4 is 5.97 Å². The van der Waals surface area contributed by atoms with E-state index in [4.69, 9.17) is 10.2 Å². The second-order valence-electron chi connectivity index (χ2n) is 7.69. The van der Waals surface area contributed by atoms with Gasteiger partial charge in [-0.15, -0.1) is 0 Å². The molecule has 0 spiro atoms. The third kappa shape index (κ3) is 19.3. The standard InChI is InChI=1S/C23H44O3/c1-2-3-4-5-6-7-8-9-10-11-12-13-14-15-16-17-18-19-20-21-22(24)23(25)26/h21,24H,2-20H2,1H3,(H,25,26).